The molecule has 4 rings (SSSR count). The number of rotatable bonds is 22. The van der Waals surface area contributed by atoms with Crippen LogP contribution in [0.4, 0.5) is 4.79 Å². The largest absolute Gasteiger partial charge is 0.444 e. The predicted molar refractivity (Wildman–Crippen MR) is 240 cm³/mol. The van der Waals surface area contributed by atoms with Crippen LogP contribution in [-0.2, 0) is 38.3 Å². The number of likely N-dealkylation sites (tertiary alicyclic amines) is 1. The highest BCUT2D eigenvalue weighted by Crippen LogP contribution is 2.30. The molecule has 65 heavy (non-hydrogen) atoms. The molecule has 0 unspecified atom stereocenters. The Morgan fingerprint density at radius 1 is 0.862 bits per heavy atom. The monoisotopic (exact) mass is 901 g/mol. The molecule has 0 radical (unpaired) electrons. The summed E-state index contributed by atoms with van der Waals surface area (Å²) in [7, 11) is 3.12. The summed E-state index contributed by atoms with van der Waals surface area (Å²) in [5, 5.41) is 8.48. The first-order valence-corrected chi connectivity index (χ1v) is 22.9. The number of ether oxygens (including phenoxy) is 1. The zero-order valence-corrected chi connectivity index (χ0v) is 38.9. The van der Waals surface area contributed by atoms with Gasteiger partial charge in [0, 0.05) is 77.1 Å². The Morgan fingerprint density at radius 3 is 2.15 bits per heavy atom. The molecule has 2 fully saturated rings. The molecule has 6 atom stereocenters. The first-order chi connectivity index (χ1) is 30.8. The Morgan fingerprint density at radius 2 is 1.55 bits per heavy atom. The zero-order valence-electron chi connectivity index (χ0n) is 38.9. The van der Waals surface area contributed by atoms with Crippen molar-refractivity contribution in [3.05, 3.63) is 60.2 Å². The van der Waals surface area contributed by atoms with Crippen molar-refractivity contribution in [3.8, 4) is 0 Å². The van der Waals surface area contributed by atoms with Gasteiger partial charge in [0.1, 0.15) is 23.1 Å². The number of ketones is 4. The summed E-state index contributed by atoms with van der Waals surface area (Å²) in [6.07, 6.45) is 7.37. The van der Waals surface area contributed by atoms with Crippen LogP contribution in [0, 0.1) is 23.7 Å². The van der Waals surface area contributed by atoms with E-state index in [2.05, 4.69) is 25.9 Å². The quantitative estimate of drug-likeness (QED) is 0.136. The lowest BCUT2D eigenvalue weighted by molar-refractivity contribution is -0.141. The molecule has 354 valence electrons. The van der Waals surface area contributed by atoms with Crippen molar-refractivity contribution >= 4 is 52.9 Å². The molecule has 3 N–H and O–H groups in total. The van der Waals surface area contributed by atoms with Gasteiger partial charge in [-0.15, -0.1) is 0 Å². The first kappa shape index (κ1) is 51.8. The molecule has 2 aromatic rings. The molecule has 2 aliphatic rings. The topological polar surface area (TPSA) is 231 Å². The second kappa shape index (κ2) is 24.4. The summed E-state index contributed by atoms with van der Waals surface area (Å²) < 4.78 is 5.60. The van der Waals surface area contributed by atoms with Crippen molar-refractivity contribution in [2.75, 3.05) is 27.2 Å². The molecule has 1 aromatic carbocycles. The number of carbonyl (C=O) groups is 9. The summed E-state index contributed by atoms with van der Waals surface area (Å²) in [6, 6.07) is 5.89. The van der Waals surface area contributed by atoms with E-state index in [-0.39, 0.29) is 68.5 Å². The molecule has 1 aliphatic carbocycles. The summed E-state index contributed by atoms with van der Waals surface area (Å²) in [5.41, 5.74) is -0.236. The van der Waals surface area contributed by atoms with Crippen LogP contribution in [0.5, 0.6) is 0 Å². The minimum absolute atomic E-state index is 0.0686. The number of benzene rings is 1. The molecule has 0 spiro atoms. The molecule has 1 saturated carbocycles. The van der Waals surface area contributed by atoms with Gasteiger partial charge >= 0.3 is 6.09 Å². The number of amides is 5. The zero-order chi connectivity index (χ0) is 47.8. The molecule has 0 bridgehead atoms. The number of Topliss-reactive ketones (excluding diaryl/α,β-unsaturated/α-hetero) is 4. The second-order valence-electron chi connectivity index (χ2n) is 18.4. The summed E-state index contributed by atoms with van der Waals surface area (Å²) in [4.78, 5) is 133. The van der Waals surface area contributed by atoms with Gasteiger partial charge in [-0.25, -0.2) is 9.78 Å². The van der Waals surface area contributed by atoms with Gasteiger partial charge in [-0.1, -0.05) is 69.9 Å². The standard InChI is InChI=1S/C48H67N7O10/c1-8-16-33(43(60)37(56)21-22-40(59)52-42(46(63)54(6)7)32-19-14-11-15-20-32)26-38(57)34-28-55(47(64)65-48(3,4)5)29-36(34)51-44(61)30(9-2)25-39(58)41(31-17-12-10-13-18-31)53-45(62)35-27-49-23-24-50-35/h11,14-15,19-20,23-24,27,30-31,33-34,36,41-42H,8-10,12-13,16-18,21-22,25-26,28-29H2,1-7H3,(H,51,61)(H,52,59)(H,53,62)/t30-,33-,34-,36+,41+,42+/m1/s1. The van der Waals surface area contributed by atoms with Crippen LogP contribution in [0.3, 0.4) is 0 Å². The number of nitrogens with one attached hydrogen (secondary N) is 3. The van der Waals surface area contributed by atoms with Crippen molar-refractivity contribution in [2.45, 2.75) is 135 Å². The summed E-state index contributed by atoms with van der Waals surface area (Å²) in [5.74, 6) is -7.34. The highest BCUT2D eigenvalue weighted by molar-refractivity contribution is 6.38. The molecule has 1 saturated heterocycles. The van der Waals surface area contributed by atoms with E-state index in [0.29, 0.717) is 12.0 Å². The fourth-order valence-electron chi connectivity index (χ4n) is 8.48. The lowest BCUT2D eigenvalue weighted by Gasteiger charge is -2.31. The molecule has 1 aliphatic heterocycles. The van der Waals surface area contributed by atoms with Crippen LogP contribution in [0.2, 0.25) is 0 Å². The Kier molecular flexibility index (Phi) is 19.5. The van der Waals surface area contributed by atoms with E-state index in [1.165, 1.54) is 28.4 Å². The van der Waals surface area contributed by atoms with Crippen LogP contribution >= 0.6 is 0 Å². The number of aromatic nitrogens is 2. The average molecular weight is 902 g/mol. The smallest absolute Gasteiger partial charge is 0.410 e. The summed E-state index contributed by atoms with van der Waals surface area (Å²) >= 11 is 0. The van der Waals surface area contributed by atoms with Gasteiger partial charge in [-0.3, -0.25) is 43.3 Å². The second-order valence-corrected chi connectivity index (χ2v) is 18.4. The van der Waals surface area contributed by atoms with Crippen molar-refractivity contribution < 1.29 is 47.9 Å². The Balaban J connectivity index is 1.47. The van der Waals surface area contributed by atoms with Gasteiger partial charge in [0.05, 0.1) is 24.2 Å². The van der Waals surface area contributed by atoms with Gasteiger partial charge in [0.25, 0.3) is 5.91 Å². The lowest BCUT2D eigenvalue weighted by Crippen LogP contribution is -2.49. The molecular weight excluding hydrogens is 835 g/mol. The number of likely N-dealkylation sites (N-methyl/N-ethyl adjacent to an activating group) is 1. The maximum atomic E-state index is 14.2. The van der Waals surface area contributed by atoms with Gasteiger partial charge in [-0.05, 0) is 57.9 Å². The lowest BCUT2D eigenvalue weighted by atomic mass is 9.80. The fourth-order valence-corrected chi connectivity index (χ4v) is 8.48. The average Bonchev–Trinajstić information content (AvgIpc) is 3.71. The maximum absolute atomic E-state index is 14.2. The highest BCUT2D eigenvalue weighted by Gasteiger charge is 2.44. The highest BCUT2D eigenvalue weighted by atomic mass is 16.6. The molecule has 17 heteroatoms. The first-order valence-electron chi connectivity index (χ1n) is 22.9. The number of carbonyl (C=O) groups excluding carboxylic acids is 9. The van der Waals surface area contributed by atoms with Gasteiger partial charge in [0.2, 0.25) is 23.5 Å². The number of hydrogen-bond acceptors (Lipinski definition) is 12. The van der Waals surface area contributed by atoms with Crippen LogP contribution in [0.15, 0.2) is 48.9 Å². The van der Waals surface area contributed by atoms with E-state index >= 15 is 0 Å². The fraction of sp³-hybridized carbons (Fsp3) is 0.604. The Hall–Kier alpha value is -5.87. The molecular formula is C48H67N7O10. The normalized spacial score (nSPS) is 18.3. The van der Waals surface area contributed by atoms with Crippen molar-refractivity contribution in [1.29, 1.82) is 0 Å². The van der Waals surface area contributed by atoms with E-state index in [0.717, 1.165) is 32.1 Å². The van der Waals surface area contributed by atoms with Crippen molar-refractivity contribution in [2.24, 2.45) is 23.7 Å². The Labute approximate surface area is 382 Å². The predicted octanol–water partition coefficient (Wildman–Crippen LogP) is 4.73. The van der Waals surface area contributed by atoms with E-state index in [1.54, 1.807) is 72.1 Å². The minimum Gasteiger partial charge on any atom is -0.444 e. The van der Waals surface area contributed by atoms with Gasteiger partial charge in [-0.2, -0.15) is 0 Å². The van der Waals surface area contributed by atoms with E-state index < -0.39 is 89.1 Å². The van der Waals surface area contributed by atoms with Gasteiger partial charge in [0.15, 0.2) is 11.6 Å². The third-order valence-electron chi connectivity index (χ3n) is 12.0. The van der Waals surface area contributed by atoms with E-state index in [9.17, 15) is 43.2 Å². The molecule has 1 aromatic heterocycles. The number of nitrogens with zero attached hydrogens (tertiary/aromatic N) is 4. The van der Waals surface area contributed by atoms with Crippen LogP contribution in [0.25, 0.3) is 0 Å². The minimum atomic E-state index is -1.02. The van der Waals surface area contributed by atoms with E-state index in [4.69, 9.17) is 4.74 Å². The molecule has 5 amide bonds. The SMILES string of the molecule is CCC[C@H](CC(=O)[C@@H]1CN(C(=O)OC(C)(C)C)C[C@@H]1NC(=O)[C@H](CC)CC(=O)[C@@H](NC(=O)c1cnccn1)C1CCCCC1)C(=O)C(=O)CCC(=O)N[C@H](C(=O)N(C)C)c1ccccc1. The van der Waals surface area contributed by atoms with Crippen LogP contribution in [-0.4, -0.2) is 117 Å². The van der Waals surface area contributed by atoms with Gasteiger partial charge < -0.3 is 30.5 Å². The van der Waals surface area contributed by atoms with Crippen molar-refractivity contribution in [3.63, 3.8) is 0 Å². The summed E-state index contributed by atoms with van der Waals surface area (Å²) in [6.45, 7) is 8.48. The van der Waals surface area contributed by atoms with Crippen LogP contribution in [0.1, 0.15) is 134 Å². The molecule has 17 nitrogen and oxygen atoms in total. The molecule has 2 heterocycles. The van der Waals surface area contributed by atoms with Crippen LogP contribution < -0.4 is 16.0 Å². The third kappa shape index (κ3) is 15.4. The van der Waals surface area contributed by atoms with Crippen molar-refractivity contribution in [1.82, 2.24) is 35.7 Å². The maximum Gasteiger partial charge on any atom is 0.410 e. The van der Waals surface area contributed by atoms with E-state index in [1.807, 2.05) is 6.92 Å². The number of hydrogen-bond donors (Lipinski definition) is 3. The Bertz CT molecular complexity index is 2000. The third-order valence-corrected chi connectivity index (χ3v) is 12.0.